The van der Waals surface area contributed by atoms with Crippen molar-refractivity contribution in [2.75, 3.05) is 0 Å². The number of hydrogen-bond donors (Lipinski definition) is 0. The monoisotopic (exact) mass is 717 g/mol. The molecule has 1 unspecified atom stereocenters. The third kappa shape index (κ3) is 4.65. The van der Waals surface area contributed by atoms with E-state index in [-0.39, 0.29) is 0 Å². The normalized spacial score (nSPS) is 14.2. The first-order valence-corrected chi connectivity index (χ1v) is 19.7. The number of benzene rings is 8. The standard InChI is InChI=1S/C51H31N3S/c1-2-13-32(14-3-1)49-52-50(34-25-24-30-12-4-5-15-33(30)28-34)54-51(53-49)39-27-26-38(35-18-6-7-19-36(35)39)48-46-41-22-11-17-31-16-10-21-37(45(31)41)42(46)29-44-47(48)40-20-8-9-23-43(40)55-44/h1-20,22-29,37H,21H2. The van der Waals surface area contributed by atoms with E-state index in [1.807, 2.05) is 29.5 Å². The topological polar surface area (TPSA) is 38.7 Å². The van der Waals surface area contributed by atoms with Crippen molar-refractivity contribution < 1.29 is 0 Å². The maximum Gasteiger partial charge on any atom is 0.164 e. The van der Waals surface area contributed by atoms with Crippen LogP contribution in [0.5, 0.6) is 0 Å². The SMILES string of the molecule is C1=Cc2cccc3c2C(C1)c1cc2sc4ccccc4c2c(-c2ccc(-c4nc(-c5ccccc5)nc(-c5ccc6ccccc6c5)n4)c4ccccc24)c1-3. The van der Waals surface area contributed by atoms with Crippen LogP contribution in [0.25, 0.3) is 104 Å². The van der Waals surface area contributed by atoms with E-state index in [1.165, 1.54) is 69.9 Å². The van der Waals surface area contributed by atoms with Gasteiger partial charge in [0.1, 0.15) is 0 Å². The minimum Gasteiger partial charge on any atom is -0.208 e. The molecule has 8 aromatic carbocycles. The predicted octanol–water partition coefficient (Wildman–Crippen LogP) is 13.7. The second kappa shape index (κ2) is 11.9. The van der Waals surface area contributed by atoms with Crippen molar-refractivity contribution in [3.8, 4) is 56.4 Å². The van der Waals surface area contributed by atoms with Gasteiger partial charge in [0.2, 0.25) is 0 Å². The lowest BCUT2D eigenvalue weighted by molar-refractivity contribution is 0.845. The maximum atomic E-state index is 5.24. The lowest BCUT2D eigenvalue weighted by atomic mass is 9.85. The summed E-state index contributed by atoms with van der Waals surface area (Å²) < 4.78 is 2.66. The summed E-state index contributed by atoms with van der Waals surface area (Å²) in [7, 11) is 0. The average Bonchev–Trinajstić information content (AvgIpc) is 3.79. The number of aromatic nitrogens is 3. The van der Waals surface area contributed by atoms with Gasteiger partial charge < -0.3 is 0 Å². The van der Waals surface area contributed by atoms with Gasteiger partial charge in [-0.2, -0.15) is 0 Å². The highest BCUT2D eigenvalue weighted by molar-refractivity contribution is 7.26. The highest BCUT2D eigenvalue weighted by Crippen LogP contribution is 2.57. The van der Waals surface area contributed by atoms with Crippen LogP contribution in [-0.4, -0.2) is 15.0 Å². The molecule has 2 aliphatic rings. The molecule has 0 spiro atoms. The summed E-state index contributed by atoms with van der Waals surface area (Å²) in [5, 5.41) is 7.30. The van der Waals surface area contributed by atoms with Crippen molar-refractivity contribution in [2.24, 2.45) is 0 Å². The van der Waals surface area contributed by atoms with E-state index in [2.05, 4.69) is 152 Å². The van der Waals surface area contributed by atoms with Crippen molar-refractivity contribution in [3.05, 3.63) is 180 Å². The van der Waals surface area contributed by atoms with Gasteiger partial charge in [0, 0.05) is 42.8 Å². The van der Waals surface area contributed by atoms with E-state index in [0.29, 0.717) is 23.4 Å². The third-order valence-electron chi connectivity index (χ3n) is 11.6. The first-order valence-electron chi connectivity index (χ1n) is 18.9. The molecule has 0 radical (unpaired) electrons. The molecule has 0 aliphatic heterocycles. The molecule has 0 fully saturated rings. The molecule has 2 aliphatic carbocycles. The first kappa shape index (κ1) is 30.7. The molecular formula is C51H31N3S. The summed E-state index contributed by atoms with van der Waals surface area (Å²) in [5.74, 6) is 2.34. The van der Waals surface area contributed by atoms with E-state index < -0.39 is 0 Å². The Morgan fingerprint density at radius 1 is 0.473 bits per heavy atom. The Bertz CT molecular complexity index is 3250. The highest BCUT2D eigenvalue weighted by Gasteiger charge is 2.35. The van der Waals surface area contributed by atoms with Crippen LogP contribution in [0.4, 0.5) is 0 Å². The molecule has 0 saturated carbocycles. The fourth-order valence-corrected chi connectivity index (χ4v) is 10.4. The van der Waals surface area contributed by atoms with E-state index in [9.17, 15) is 0 Å². The van der Waals surface area contributed by atoms with Gasteiger partial charge in [0.15, 0.2) is 17.5 Å². The molecule has 0 N–H and O–H groups in total. The average molecular weight is 718 g/mol. The van der Waals surface area contributed by atoms with Crippen LogP contribution in [0.1, 0.15) is 29.0 Å². The van der Waals surface area contributed by atoms with Crippen LogP contribution in [-0.2, 0) is 0 Å². The number of allylic oxidation sites excluding steroid dienone is 1. The Kier molecular flexibility index (Phi) is 6.63. The van der Waals surface area contributed by atoms with Gasteiger partial charge in [0.25, 0.3) is 0 Å². The quantitative estimate of drug-likeness (QED) is 0.182. The van der Waals surface area contributed by atoms with Gasteiger partial charge in [-0.15, -0.1) is 11.3 Å². The van der Waals surface area contributed by atoms with Gasteiger partial charge in [-0.05, 0) is 91.2 Å². The zero-order chi connectivity index (χ0) is 36.0. The Labute approximate surface area is 322 Å². The van der Waals surface area contributed by atoms with Crippen LogP contribution < -0.4 is 0 Å². The largest absolute Gasteiger partial charge is 0.208 e. The van der Waals surface area contributed by atoms with Crippen LogP contribution in [0.2, 0.25) is 0 Å². The summed E-state index contributed by atoms with van der Waals surface area (Å²) in [4.78, 5) is 15.5. The lowest BCUT2D eigenvalue weighted by Gasteiger charge is -2.19. The van der Waals surface area contributed by atoms with Gasteiger partial charge in [-0.1, -0.05) is 146 Å². The van der Waals surface area contributed by atoms with Crippen LogP contribution in [0.15, 0.2) is 164 Å². The number of rotatable bonds is 4. The second-order valence-corrected chi connectivity index (χ2v) is 15.7. The number of fused-ring (bicyclic) bond motifs is 8. The van der Waals surface area contributed by atoms with Gasteiger partial charge >= 0.3 is 0 Å². The fraction of sp³-hybridized carbons (Fsp3) is 0.0392. The van der Waals surface area contributed by atoms with E-state index in [0.717, 1.165) is 33.9 Å². The van der Waals surface area contributed by atoms with Gasteiger partial charge in [-0.3, -0.25) is 0 Å². The second-order valence-electron chi connectivity index (χ2n) is 14.6. The van der Waals surface area contributed by atoms with Crippen molar-refractivity contribution in [1.29, 1.82) is 0 Å². The van der Waals surface area contributed by atoms with Crippen molar-refractivity contribution in [2.45, 2.75) is 12.3 Å². The Balaban J connectivity index is 1.13. The molecule has 4 heteroatoms. The predicted molar refractivity (Wildman–Crippen MR) is 230 cm³/mol. The molecule has 0 saturated heterocycles. The lowest BCUT2D eigenvalue weighted by Crippen LogP contribution is -2.01. The molecule has 2 aromatic heterocycles. The molecule has 256 valence electrons. The molecule has 0 amide bonds. The smallest absolute Gasteiger partial charge is 0.164 e. The fourth-order valence-electron chi connectivity index (χ4n) is 9.19. The summed E-state index contributed by atoms with van der Waals surface area (Å²) >= 11 is 1.91. The Morgan fingerprint density at radius 2 is 1.18 bits per heavy atom. The highest BCUT2D eigenvalue weighted by atomic mass is 32.1. The van der Waals surface area contributed by atoms with Crippen LogP contribution in [0, 0.1) is 0 Å². The minimum atomic E-state index is 0.361. The number of hydrogen-bond acceptors (Lipinski definition) is 4. The van der Waals surface area contributed by atoms with Crippen molar-refractivity contribution in [3.63, 3.8) is 0 Å². The van der Waals surface area contributed by atoms with Crippen LogP contribution >= 0.6 is 11.3 Å². The molecule has 2 heterocycles. The molecule has 55 heavy (non-hydrogen) atoms. The van der Waals surface area contributed by atoms with E-state index in [4.69, 9.17) is 15.0 Å². The first-order chi connectivity index (χ1) is 27.3. The molecule has 3 nitrogen and oxygen atoms in total. The van der Waals surface area contributed by atoms with Gasteiger partial charge in [-0.25, -0.2) is 15.0 Å². The molecular weight excluding hydrogens is 687 g/mol. The molecule has 0 bridgehead atoms. The minimum absolute atomic E-state index is 0.361. The molecule has 10 aromatic rings. The summed E-state index contributed by atoms with van der Waals surface area (Å²) in [5.41, 5.74) is 12.5. The van der Waals surface area contributed by atoms with Crippen LogP contribution in [0.3, 0.4) is 0 Å². The summed E-state index contributed by atoms with van der Waals surface area (Å²) in [6, 6.07) is 56.8. The number of nitrogens with zero attached hydrogens (tertiary/aromatic N) is 3. The van der Waals surface area contributed by atoms with E-state index >= 15 is 0 Å². The molecule has 1 atom stereocenters. The summed E-state index contributed by atoms with van der Waals surface area (Å²) in [6.07, 6.45) is 5.69. The van der Waals surface area contributed by atoms with Crippen molar-refractivity contribution >= 4 is 59.1 Å². The summed E-state index contributed by atoms with van der Waals surface area (Å²) in [6.45, 7) is 0. The zero-order valence-corrected chi connectivity index (χ0v) is 30.5. The molecule has 12 rings (SSSR count). The Hall–Kier alpha value is -6.75. The van der Waals surface area contributed by atoms with E-state index in [1.54, 1.807) is 0 Å². The Morgan fingerprint density at radius 3 is 2.05 bits per heavy atom. The van der Waals surface area contributed by atoms with Gasteiger partial charge in [0.05, 0.1) is 0 Å². The third-order valence-corrected chi connectivity index (χ3v) is 12.7. The zero-order valence-electron chi connectivity index (χ0n) is 29.7. The number of thiophene rings is 1. The van der Waals surface area contributed by atoms with Crippen molar-refractivity contribution in [1.82, 2.24) is 15.0 Å². The maximum absolute atomic E-state index is 5.24.